The number of benzene rings is 2. The summed E-state index contributed by atoms with van der Waals surface area (Å²) < 4.78 is 5.13. The largest absolute Gasteiger partial charge is 0.497 e. The molecule has 0 aliphatic carbocycles. The third-order valence-electron chi connectivity index (χ3n) is 5.65. The first-order valence-electron chi connectivity index (χ1n) is 10.7. The van der Waals surface area contributed by atoms with Crippen molar-refractivity contribution in [2.24, 2.45) is 0 Å². The van der Waals surface area contributed by atoms with Crippen molar-refractivity contribution < 1.29 is 14.3 Å². The Balaban J connectivity index is 1.56. The lowest BCUT2D eigenvalue weighted by Crippen LogP contribution is -2.43. The van der Waals surface area contributed by atoms with Gasteiger partial charge in [-0.3, -0.25) is 14.5 Å². The van der Waals surface area contributed by atoms with Crippen molar-refractivity contribution in [3.05, 3.63) is 59.7 Å². The van der Waals surface area contributed by atoms with E-state index in [1.54, 1.807) is 7.11 Å². The first-order chi connectivity index (χ1) is 15.0. The summed E-state index contributed by atoms with van der Waals surface area (Å²) in [5.74, 6) is -0.485. The average Bonchev–Trinajstić information content (AvgIpc) is 3.32. The van der Waals surface area contributed by atoms with Crippen molar-refractivity contribution in [3.63, 3.8) is 0 Å². The molecule has 166 valence electrons. The van der Waals surface area contributed by atoms with Crippen LogP contribution in [0.1, 0.15) is 30.0 Å². The van der Waals surface area contributed by atoms with Crippen LogP contribution in [0.15, 0.2) is 48.5 Å². The fourth-order valence-corrected chi connectivity index (χ4v) is 3.78. The molecular weight excluding hydrogens is 392 g/mol. The van der Waals surface area contributed by atoms with Gasteiger partial charge in [-0.1, -0.05) is 24.3 Å². The van der Waals surface area contributed by atoms with Gasteiger partial charge in [-0.15, -0.1) is 0 Å². The molecule has 31 heavy (non-hydrogen) atoms. The van der Waals surface area contributed by atoms with Crippen LogP contribution in [-0.2, 0) is 16.1 Å². The predicted molar refractivity (Wildman–Crippen MR) is 122 cm³/mol. The normalized spacial score (nSPS) is 14.7. The zero-order chi connectivity index (χ0) is 22.2. The molecule has 2 N–H and O–H groups in total. The second kappa shape index (κ2) is 10.8. The predicted octanol–water partition coefficient (Wildman–Crippen LogP) is 2.33. The van der Waals surface area contributed by atoms with Crippen molar-refractivity contribution in [2.75, 3.05) is 45.7 Å². The number of anilines is 1. The molecule has 2 aromatic carbocycles. The van der Waals surface area contributed by atoms with E-state index in [-0.39, 0.29) is 12.6 Å². The second-order valence-electron chi connectivity index (χ2n) is 7.99. The lowest BCUT2D eigenvalue weighted by atomic mass is 10.0. The maximum Gasteiger partial charge on any atom is 0.309 e. The van der Waals surface area contributed by atoms with Gasteiger partial charge in [-0.25, -0.2) is 0 Å². The average molecular weight is 425 g/mol. The van der Waals surface area contributed by atoms with E-state index in [1.165, 1.54) is 0 Å². The Morgan fingerprint density at radius 2 is 1.58 bits per heavy atom. The topological polar surface area (TPSA) is 73.9 Å². The highest BCUT2D eigenvalue weighted by Gasteiger charge is 2.25. The smallest absolute Gasteiger partial charge is 0.309 e. The number of ether oxygens (including phenoxy) is 1. The summed E-state index contributed by atoms with van der Waals surface area (Å²) in [6, 6.07) is 15.8. The quantitative estimate of drug-likeness (QED) is 0.637. The number of hydrogen-bond acceptors (Lipinski definition) is 5. The summed E-state index contributed by atoms with van der Waals surface area (Å²) in [4.78, 5) is 29.1. The fraction of sp³-hybridized carbons (Fsp3) is 0.417. The van der Waals surface area contributed by atoms with Crippen LogP contribution in [0.25, 0.3) is 0 Å². The van der Waals surface area contributed by atoms with Gasteiger partial charge in [-0.2, -0.15) is 0 Å². The number of rotatable bonds is 8. The Morgan fingerprint density at radius 1 is 0.968 bits per heavy atom. The van der Waals surface area contributed by atoms with E-state index in [0.29, 0.717) is 6.54 Å². The highest BCUT2D eigenvalue weighted by Crippen LogP contribution is 2.26. The molecule has 1 fully saturated rings. The summed E-state index contributed by atoms with van der Waals surface area (Å²) in [6.07, 6.45) is 2.31. The molecule has 2 amide bonds. The molecule has 0 unspecified atom stereocenters. The molecule has 1 saturated heterocycles. The number of hydrogen-bond donors (Lipinski definition) is 2. The molecule has 0 saturated carbocycles. The van der Waals surface area contributed by atoms with E-state index >= 15 is 0 Å². The van der Waals surface area contributed by atoms with Crippen LogP contribution in [0, 0.1) is 0 Å². The highest BCUT2D eigenvalue weighted by atomic mass is 16.5. The number of amides is 2. The number of carbonyl (C=O) groups excluding carboxylic acids is 2. The molecular formula is C24H32N4O3. The Kier molecular flexibility index (Phi) is 7.89. The van der Waals surface area contributed by atoms with E-state index < -0.39 is 11.8 Å². The van der Waals surface area contributed by atoms with E-state index in [2.05, 4.69) is 44.7 Å². The fourth-order valence-electron chi connectivity index (χ4n) is 3.78. The molecule has 1 heterocycles. The van der Waals surface area contributed by atoms with Gasteiger partial charge in [0.2, 0.25) is 0 Å². The Hall–Kier alpha value is -3.06. The molecule has 0 radical (unpaired) electrons. The molecule has 1 atom stereocenters. The molecule has 0 bridgehead atoms. The van der Waals surface area contributed by atoms with Crippen LogP contribution in [-0.4, -0.2) is 57.6 Å². The van der Waals surface area contributed by atoms with E-state index in [1.807, 2.05) is 38.4 Å². The molecule has 1 aliphatic rings. The molecule has 7 heteroatoms. The van der Waals surface area contributed by atoms with Gasteiger partial charge in [0.05, 0.1) is 13.2 Å². The van der Waals surface area contributed by atoms with Crippen LogP contribution in [0.3, 0.4) is 0 Å². The first-order valence-corrected chi connectivity index (χ1v) is 10.7. The summed E-state index contributed by atoms with van der Waals surface area (Å²) in [7, 11) is 5.63. The Labute approximate surface area is 184 Å². The molecule has 0 aromatic heterocycles. The minimum Gasteiger partial charge on any atom is -0.497 e. The van der Waals surface area contributed by atoms with Crippen LogP contribution in [0.5, 0.6) is 5.75 Å². The van der Waals surface area contributed by atoms with Crippen LogP contribution in [0.4, 0.5) is 5.69 Å². The standard InChI is InChI=1S/C24H32N4O3/c1-27(2)20-10-8-19(9-11-20)22(28-14-4-5-15-28)17-26-24(30)23(29)25-16-18-6-12-21(31-3)13-7-18/h6-13,22H,4-5,14-17H2,1-3H3,(H,25,29)(H,26,30)/t22-/m1/s1. The molecule has 0 spiro atoms. The van der Waals surface area contributed by atoms with Crippen LogP contribution in [0.2, 0.25) is 0 Å². The molecule has 1 aliphatic heterocycles. The molecule has 3 rings (SSSR count). The summed E-state index contributed by atoms with van der Waals surface area (Å²) in [5.41, 5.74) is 3.18. The van der Waals surface area contributed by atoms with Gasteiger partial charge in [0.25, 0.3) is 0 Å². The zero-order valence-electron chi connectivity index (χ0n) is 18.6. The van der Waals surface area contributed by atoms with E-state index in [0.717, 1.165) is 48.5 Å². The highest BCUT2D eigenvalue weighted by molar-refractivity contribution is 6.35. The van der Waals surface area contributed by atoms with Crippen LogP contribution >= 0.6 is 0 Å². The molecule has 2 aromatic rings. The summed E-state index contributed by atoms with van der Waals surface area (Å²) in [6.45, 7) is 2.69. The number of carbonyl (C=O) groups is 2. The Bertz CT molecular complexity index is 859. The number of likely N-dealkylation sites (tertiary alicyclic amines) is 1. The number of methoxy groups -OCH3 is 1. The van der Waals surface area contributed by atoms with E-state index in [4.69, 9.17) is 4.74 Å². The van der Waals surface area contributed by atoms with E-state index in [9.17, 15) is 9.59 Å². The number of nitrogens with zero attached hydrogens (tertiary/aromatic N) is 2. The van der Waals surface area contributed by atoms with Gasteiger partial charge < -0.3 is 20.3 Å². The van der Waals surface area contributed by atoms with Gasteiger partial charge in [0, 0.05) is 32.9 Å². The third-order valence-corrected chi connectivity index (χ3v) is 5.65. The van der Waals surface area contributed by atoms with Crippen molar-refractivity contribution >= 4 is 17.5 Å². The van der Waals surface area contributed by atoms with Crippen molar-refractivity contribution in [2.45, 2.75) is 25.4 Å². The van der Waals surface area contributed by atoms with Gasteiger partial charge in [-0.05, 0) is 61.3 Å². The maximum atomic E-state index is 12.4. The minimum absolute atomic E-state index is 0.0528. The van der Waals surface area contributed by atoms with Crippen molar-refractivity contribution in [3.8, 4) is 5.75 Å². The van der Waals surface area contributed by atoms with Crippen molar-refractivity contribution in [1.29, 1.82) is 0 Å². The Morgan fingerprint density at radius 3 is 2.16 bits per heavy atom. The van der Waals surface area contributed by atoms with Gasteiger partial charge in [0.15, 0.2) is 0 Å². The summed E-state index contributed by atoms with van der Waals surface area (Å²) >= 11 is 0. The molecule has 7 nitrogen and oxygen atoms in total. The summed E-state index contributed by atoms with van der Waals surface area (Å²) in [5, 5.41) is 5.51. The second-order valence-corrected chi connectivity index (χ2v) is 7.99. The minimum atomic E-state index is -0.626. The van der Waals surface area contributed by atoms with Crippen molar-refractivity contribution in [1.82, 2.24) is 15.5 Å². The monoisotopic (exact) mass is 424 g/mol. The number of nitrogens with one attached hydrogen (secondary N) is 2. The maximum absolute atomic E-state index is 12.4. The first kappa shape index (κ1) is 22.6. The lowest BCUT2D eigenvalue weighted by molar-refractivity contribution is -0.139. The van der Waals surface area contributed by atoms with Crippen LogP contribution < -0.4 is 20.3 Å². The third kappa shape index (κ3) is 6.21. The van der Waals surface area contributed by atoms with Gasteiger partial charge >= 0.3 is 11.8 Å². The lowest BCUT2D eigenvalue weighted by Gasteiger charge is -2.28. The SMILES string of the molecule is COc1ccc(CNC(=O)C(=O)NC[C@H](c2ccc(N(C)C)cc2)N2CCCC2)cc1. The zero-order valence-corrected chi connectivity index (χ0v) is 18.6. The van der Waals surface area contributed by atoms with Gasteiger partial charge in [0.1, 0.15) is 5.75 Å².